The summed E-state index contributed by atoms with van der Waals surface area (Å²) in [5.41, 5.74) is 0.537. The molecule has 0 aromatic heterocycles. The minimum atomic E-state index is -0.749. The van der Waals surface area contributed by atoms with E-state index in [9.17, 15) is 10.1 Å². The van der Waals surface area contributed by atoms with Gasteiger partial charge in [-0.1, -0.05) is 19.3 Å². The SMILES string of the molecule is COc1cc(C(=O)NC2(C#N)CCCCC2)cc(OC)c1C. The van der Waals surface area contributed by atoms with E-state index in [2.05, 4.69) is 11.4 Å². The number of nitriles is 1. The molecule has 1 aliphatic rings. The van der Waals surface area contributed by atoms with Gasteiger partial charge in [-0.05, 0) is 31.9 Å². The van der Waals surface area contributed by atoms with Crippen LogP contribution in [0.3, 0.4) is 0 Å². The Kier molecular flexibility index (Phi) is 4.92. The van der Waals surface area contributed by atoms with E-state index in [1.165, 1.54) is 0 Å². The summed E-state index contributed by atoms with van der Waals surface area (Å²) < 4.78 is 10.6. The number of benzene rings is 1. The molecule has 0 radical (unpaired) electrons. The number of amides is 1. The average Bonchev–Trinajstić information content (AvgIpc) is 2.55. The van der Waals surface area contributed by atoms with Crippen LogP contribution in [0.1, 0.15) is 48.0 Å². The van der Waals surface area contributed by atoms with Gasteiger partial charge in [-0.2, -0.15) is 5.26 Å². The zero-order valence-corrected chi connectivity index (χ0v) is 13.4. The Bertz CT molecular complexity index is 573. The lowest BCUT2D eigenvalue weighted by Gasteiger charge is -2.31. The largest absolute Gasteiger partial charge is 0.496 e. The van der Waals surface area contributed by atoms with Gasteiger partial charge < -0.3 is 14.8 Å². The van der Waals surface area contributed by atoms with E-state index in [0.717, 1.165) is 24.8 Å². The van der Waals surface area contributed by atoms with Gasteiger partial charge in [0.1, 0.15) is 17.0 Å². The molecule has 1 aliphatic carbocycles. The minimum Gasteiger partial charge on any atom is -0.496 e. The summed E-state index contributed by atoms with van der Waals surface area (Å²) >= 11 is 0. The Labute approximate surface area is 131 Å². The van der Waals surface area contributed by atoms with Crippen molar-refractivity contribution in [1.29, 1.82) is 5.26 Å². The molecule has 1 saturated carbocycles. The quantitative estimate of drug-likeness (QED) is 0.928. The van der Waals surface area contributed by atoms with Gasteiger partial charge in [0, 0.05) is 11.1 Å². The van der Waals surface area contributed by atoms with Crippen molar-refractivity contribution in [1.82, 2.24) is 5.32 Å². The van der Waals surface area contributed by atoms with Gasteiger partial charge in [0.2, 0.25) is 0 Å². The van der Waals surface area contributed by atoms with Crippen LogP contribution in [0.25, 0.3) is 0 Å². The molecule has 1 aromatic rings. The van der Waals surface area contributed by atoms with Crippen LogP contribution >= 0.6 is 0 Å². The number of ether oxygens (including phenoxy) is 2. The molecule has 0 saturated heterocycles. The number of rotatable bonds is 4. The molecule has 0 spiro atoms. The third kappa shape index (κ3) is 3.16. The maximum Gasteiger partial charge on any atom is 0.252 e. The first-order valence-corrected chi connectivity index (χ1v) is 7.51. The summed E-state index contributed by atoms with van der Waals surface area (Å²) in [4.78, 5) is 12.6. The smallest absolute Gasteiger partial charge is 0.252 e. The molecule has 0 unspecified atom stereocenters. The second-order valence-electron chi connectivity index (χ2n) is 5.71. The summed E-state index contributed by atoms with van der Waals surface area (Å²) in [7, 11) is 3.11. The Balaban J connectivity index is 2.27. The van der Waals surface area contributed by atoms with E-state index in [0.29, 0.717) is 29.9 Å². The molecule has 1 aromatic carbocycles. The van der Waals surface area contributed by atoms with Gasteiger partial charge in [-0.15, -0.1) is 0 Å². The number of carbonyl (C=O) groups is 1. The average molecular weight is 302 g/mol. The molecule has 0 heterocycles. The first-order chi connectivity index (χ1) is 10.5. The zero-order valence-electron chi connectivity index (χ0n) is 13.4. The van der Waals surface area contributed by atoms with Crippen LogP contribution in [0.4, 0.5) is 0 Å². The van der Waals surface area contributed by atoms with E-state index in [1.54, 1.807) is 26.4 Å². The van der Waals surface area contributed by atoms with Crippen molar-refractivity contribution in [3.05, 3.63) is 23.3 Å². The molecule has 118 valence electrons. The highest BCUT2D eigenvalue weighted by molar-refractivity contribution is 5.96. The van der Waals surface area contributed by atoms with Gasteiger partial charge in [-0.25, -0.2) is 0 Å². The van der Waals surface area contributed by atoms with Gasteiger partial charge >= 0.3 is 0 Å². The van der Waals surface area contributed by atoms with Gasteiger partial charge in [0.15, 0.2) is 0 Å². The third-order valence-corrected chi connectivity index (χ3v) is 4.29. The number of carbonyl (C=O) groups excluding carboxylic acids is 1. The second kappa shape index (κ2) is 6.69. The van der Waals surface area contributed by atoms with Crippen LogP contribution in [0.15, 0.2) is 12.1 Å². The Morgan fingerprint density at radius 3 is 2.18 bits per heavy atom. The van der Waals surface area contributed by atoms with Crippen molar-refractivity contribution in [2.75, 3.05) is 14.2 Å². The van der Waals surface area contributed by atoms with Crippen molar-refractivity contribution in [3.63, 3.8) is 0 Å². The summed E-state index contributed by atoms with van der Waals surface area (Å²) in [5.74, 6) is 0.929. The molecule has 22 heavy (non-hydrogen) atoms. The van der Waals surface area contributed by atoms with E-state index in [4.69, 9.17) is 9.47 Å². The summed E-state index contributed by atoms with van der Waals surface area (Å²) in [6.45, 7) is 1.87. The molecule has 1 amide bonds. The molecule has 2 rings (SSSR count). The lowest BCUT2D eigenvalue weighted by molar-refractivity contribution is 0.0902. The van der Waals surface area contributed by atoms with Crippen LogP contribution in [-0.4, -0.2) is 25.7 Å². The maximum atomic E-state index is 12.6. The zero-order chi connectivity index (χ0) is 16.2. The minimum absolute atomic E-state index is 0.264. The maximum absolute atomic E-state index is 12.6. The molecule has 0 bridgehead atoms. The molecule has 0 atom stereocenters. The number of nitrogens with one attached hydrogen (secondary N) is 1. The predicted molar refractivity (Wildman–Crippen MR) is 83.2 cm³/mol. The van der Waals surface area contributed by atoms with Gasteiger partial charge in [-0.3, -0.25) is 4.79 Å². The van der Waals surface area contributed by atoms with E-state index in [1.807, 2.05) is 6.92 Å². The summed E-state index contributed by atoms with van der Waals surface area (Å²) in [5, 5.41) is 12.4. The molecule has 5 heteroatoms. The van der Waals surface area contributed by atoms with Crippen molar-refractivity contribution in [2.24, 2.45) is 0 Å². The Hall–Kier alpha value is -2.22. The van der Waals surface area contributed by atoms with Crippen molar-refractivity contribution >= 4 is 5.91 Å². The Morgan fingerprint density at radius 1 is 1.18 bits per heavy atom. The number of hydrogen-bond donors (Lipinski definition) is 1. The normalized spacial score (nSPS) is 16.5. The molecule has 0 aliphatic heterocycles. The van der Waals surface area contributed by atoms with E-state index < -0.39 is 5.54 Å². The van der Waals surface area contributed by atoms with Crippen LogP contribution in [0.5, 0.6) is 11.5 Å². The van der Waals surface area contributed by atoms with Crippen molar-refractivity contribution in [2.45, 2.75) is 44.6 Å². The number of methoxy groups -OCH3 is 2. The molecular weight excluding hydrogens is 280 g/mol. The second-order valence-corrected chi connectivity index (χ2v) is 5.71. The summed E-state index contributed by atoms with van der Waals surface area (Å²) in [6.07, 6.45) is 4.46. The van der Waals surface area contributed by atoms with Crippen LogP contribution in [-0.2, 0) is 0 Å². The molecular formula is C17H22N2O3. The number of nitrogens with zero attached hydrogens (tertiary/aromatic N) is 1. The van der Waals surface area contributed by atoms with Crippen LogP contribution in [0, 0.1) is 18.3 Å². The van der Waals surface area contributed by atoms with Gasteiger partial charge in [0.25, 0.3) is 5.91 Å². The van der Waals surface area contributed by atoms with Crippen LogP contribution < -0.4 is 14.8 Å². The first-order valence-electron chi connectivity index (χ1n) is 7.51. The predicted octanol–water partition coefficient (Wildman–Crippen LogP) is 2.97. The Morgan fingerprint density at radius 2 is 1.73 bits per heavy atom. The standard InChI is InChI=1S/C17H22N2O3/c1-12-14(21-2)9-13(10-15(12)22-3)16(20)19-17(11-18)7-5-4-6-8-17/h9-10H,4-8H2,1-3H3,(H,19,20). The topological polar surface area (TPSA) is 71.3 Å². The third-order valence-electron chi connectivity index (χ3n) is 4.29. The fourth-order valence-electron chi connectivity index (χ4n) is 2.93. The van der Waals surface area contributed by atoms with Crippen molar-refractivity contribution < 1.29 is 14.3 Å². The lowest BCUT2D eigenvalue weighted by Crippen LogP contribution is -2.48. The molecule has 1 N–H and O–H groups in total. The molecule has 1 fully saturated rings. The van der Waals surface area contributed by atoms with Gasteiger partial charge in [0.05, 0.1) is 20.3 Å². The van der Waals surface area contributed by atoms with E-state index >= 15 is 0 Å². The number of hydrogen-bond acceptors (Lipinski definition) is 4. The van der Waals surface area contributed by atoms with Crippen LogP contribution in [0.2, 0.25) is 0 Å². The van der Waals surface area contributed by atoms with Crippen molar-refractivity contribution in [3.8, 4) is 17.6 Å². The highest BCUT2D eigenvalue weighted by Crippen LogP contribution is 2.31. The fourth-order valence-corrected chi connectivity index (χ4v) is 2.93. The monoisotopic (exact) mass is 302 g/mol. The highest BCUT2D eigenvalue weighted by atomic mass is 16.5. The highest BCUT2D eigenvalue weighted by Gasteiger charge is 2.34. The summed E-state index contributed by atoms with van der Waals surface area (Å²) in [6, 6.07) is 5.66. The fraction of sp³-hybridized carbons (Fsp3) is 0.529. The first kappa shape index (κ1) is 16.2. The lowest BCUT2D eigenvalue weighted by atomic mass is 9.82. The molecule has 5 nitrogen and oxygen atoms in total. The van der Waals surface area contributed by atoms with E-state index in [-0.39, 0.29) is 5.91 Å².